The van der Waals surface area contributed by atoms with Crippen LogP contribution >= 0.6 is 0 Å². The van der Waals surface area contributed by atoms with Gasteiger partial charge < -0.3 is 10.8 Å². The zero-order valence-corrected chi connectivity index (χ0v) is 7.64. The molecule has 0 aliphatic carbocycles. The monoisotopic (exact) mass is 185 g/mol. The Morgan fingerprint density at radius 2 is 1.71 bits per heavy atom. The number of hydrogen-bond donors (Lipinski definition) is 2. The van der Waals surface area contributed by atoms with Crippen LogP contribution in [-0.4, -0.2) is 5.11 Å². The van der Waals surface area contributed by atoms with Crippen LogP contribution in [0.15, 0.2) is 42.6 Å². The Morgan fingerprint density at radius 1 is 1.00 bits per heavy atom. The molecule has 2 aromatic rings. The molecular weight excluding hydrogens is 174 g/mol. The Labute approximate surface area is 82.3 Å². The van der Waals surface area contributed by atoms with Crippen molar-refractivity contribution in [2.45, 2.75) is 0 Å². The fraction of sp³-hybridized carbons (Fsp3) is 0. The van der Waals surface area contributed by atoms with Crippen LogP contribution in [0, 0.1) is 0 Å². The van der Waals surface area contributed by atoms with Gasteiger partial charge in [0.05, 0.1) is 0 Å². The van der Waals surface area contributed by atoms with E-state index in [1.54, 1.807) is 12.1 Å². The summed E-state index contributed by atoms with van der Waals surface area (Å²) in [5.41, 5.74) is 6.37. The van der Waals surface area contributed by atoms with E-state index >= 15 is 0 Å². The molecule has 14 heavy (non-hydrogen) atoms. The highest BCUT2D eigenvalue weighted by Crippen LogP contribution is 2.21. The first-order valence-electron chi connectivity index (χ1n) is 4.41. The van der Waals surface area contributed by atoms with Crippen LogP contribution in [0.1, 0.15) is 5.56 Å². The molecule has 0 fully saturated rings. The third-order valence-electron chi connectivity index (χ3n) is 2.14. The van der Waals surface area contributed by atoms with Gasteiger partial charge in [-0.3, -0.25) is 0 Å². The molecule has 2 aromatic carbocycles. The summed E-state index contributed by atoms with van der Waals surface area (Å²) in [5.74, 6) is 0.291. The van der Waals surface area contributed by atoms with Crippen molar-refractivity contribution in [2.75, 3.05) is 0 Å². The second kappa shape index (κ2) is 3.42. The Bertz CT molecular complexity index is 489. The van der Waals surface area contributed by atoms with Gasteiger partial charge in [-0.25, -0.2) is 0 Å². The largest absolute Gasteiger partial charge is 0.508 e. The molecule has 0 unspecified atom stereocenters. The first kappa shape index (κ1) is 8.63. The molecule has 0 aliphatic heterocycles. The first-order valence-corrected chi connectivity index (χ1v) is 4.41. The van der Waals surface area contributed by atoms with Gasteiger partial charge in [0, 0.05) is 0 Å². The molecule has 2 heteroatoms. The fourth-order valence-corrected chi connectivity index (χ4v) is 1.47. The van der Waals surface area contributed by atoms with Gasteiger partial charge in [-0.15, -0.1) is 0 Å². The van der Waals surface area contributed by atoms with E-state index in [0.717, 1.165) is 16.3 Å². The average Bonchev–Trinajstić information content (AvgIpc) is 2.19. The minimum atomic E-state index is 0.291. The molecule has 3 N–H and O–H groups in total. The lowest BCUT2D eigenvalue weighted by atomic mass is 10.1. The SMILES string of the molecule is N/C=C/c1ccc2cc(O)ccc2c1. The van der Waals surface area contributed by atoms with Crippen molar-refractivity contribution in [2.24, 2.45) is 5.73 Å². The lowest BCUT2D eigenvalue weighted by Crippen LogP contribution is -1.79. The number of aromatic hydroxyl groups is 1. The number of fused-ring (bicyclic) bond motifs is 1. The van der Waals surface area contributed by atoms with E-state index in [0.29, 0.717) is 5.75 Å². The highest BCUT2D eigenvalue weighted by Gasteiger charge is 1.95. The van der Waals surface area contributed by atoms with Gasteiger partial charge in [0.1, 0.15) is 5.75 Å². The number of benzene rings is 2. The topological polar surface area (TPSA) is 46.2 Å². The minimum Gasteiger partial charge on any atom is -0.508 e. The Hall–Kier alpha value is -1.96. The van der Waals surface area contributed by atoms with Crippen LogP contribution in [0.4, 0.5) is 0 Å². The zero-order chi connectivity index (χ0) is 9.97. The Morgan fingerprint density at radius 3 is 2.50 bits per heavy atom. The molecule has 0 amide bonds. The standard InChI is InChI=1S/C12H11NO/c13-6-5-9-1-2-11-8-12(14)4-3-10(11)7-9/h1-8,14H,13H2/b6-5+. The number of rotatable bonds is 1. The van der Waals surface area contributed by atoms with Crippen LogP contribution in [0.25, 0.3) is 16.8 Å². The number of phenolic OH excluding ortho intramolecular Hbond substituents is 1. The molecule has 2 rings (SSSR count). The predicted molar refractivity (Wildman–Crippen MR) is 58.8 cm³/mol. The van der Waals surface area contributed by atoms with Gasteiger partial charge >= 0.3 is 0 Å². The van der Waals surface area contributed by atoms with Gasteiger partial charge in [-0.2, -0.15) is 0 Å². The van der Waals surface area contributed by atoms with Gasteiger partial charge in [-0.1, -0.05) is 18.2 Å². The van der Waals surface area contributed by atoms with Crippen molar-refractivity contribution < 1.29 is 5.11 Å². The van der Waals surface area contributed by atoms with Crippen molar-refractivity contribution in [1.29, 1.82) is 0 Å². The van der Waals surface area contributed by atoms with Crippen LogP contribution < -0.4 is 5.73 Å². The first-order chi connectivity index (χ1) is 6.79. The van der Waals surface area contributed by atoms with Crippen LogP contribution in [0.5, 0.6) is 5.75 Å². The summed E-state index contributed by atoms with van der Waals surface area (Å²) in [6, 6.07) is 11.3. The van der Waals surface area contributed by atoms with E-state index in [-0.39, 0.29) is 0 Å². The zero-order valence-electron chi connectivity index (χ0n) is 7.64. The summed E-state index contributed by atoms with van der Waals surface area (Å²) < 4.78 is 0. The summed E-state index contributed by atoms with van der Waals surface area (Å²) in [6.07, 6.45) is 3.36. The molecule has 0 saturated carbocycles. The lowest BCUT2D eigenvalue weighted by molar-refractivity contribution is 0.476. The highest BCUT2D eigenvalue weighted by molar-refractivity contribution is 5.85. The van der Waals surface area contributed by atoms with Crippen LogP contribution in [0.3, 0.4) is 0 Å². The highest BCUT2D eigenvalue weighted by atomic mass is 16.3. The number of phenols is 1. The molecule has 0 atom stereocenters. The summed E-state index contributed by atoms with van der Waals surface area (Å²) in [7, 11) is 0. The van der Waals surface area contributed by atoms with Crippen molar-refractivity contribution in [3.8, 4) is 5.75 Å². The van der Waals surface area contributed by atoms with E-state index in [9.17, 15) is 5.11 Å². The lowest BCUT2D eigenvalue weighted by Gasteiger charge is -2.00. The van der Waals surface area contributed by atoms with Crippen molar-refractivity contribution in [3.63, 3.8) is 0 Å². The quantitative estimate of drug-likeness (QED) is 0.716. The van der Waals surface area contributed by atoms with E-state index < -0.39 is 0 Å². The normalized spacial score (nSPS) is 11.1. The van der Waals surface area contributed by atoms with E-state index in [1.165, 1.54) is 6.20 Å². The van der Waals surface area contributed by atoms with Crippen molar-refractivity contribution in [3.05, 3.63) is 48.2 Å². The van der Waals surface area contributed by atoms with E-state index in [1.807, 2.05) is 30.3 Å². The maximum atomic E-state index is 9.27. The third-order valence-corrected chi connectivity index (χ3v) is 2.14. The smallest absolute Gasteiger partial charge is 0.116 e. The maximum Gasteiger partial charge on any atom is 0.116 e. The van der Waals surface area contributed by atoms with Gasteiger partial charge in [-0.05, 0) is 46.8 Å². The minimum absolute atomic E-state index is 0.291. The Kier molecular flexibility index (Phi) is 2.11. The summed E-state index contributed by atoms with van der Waals surface area (Å²) >= 11 is 0. The molecule has 0 spiro atoms. The van der Waals surface area contributed by atoms with Crippen molar-refractivity contribution >= 4 is 16.8 Å². The molecule has 0 bridgehead atoms. The summed E-state index contributed by atoms with van der Waals surface area (Å²) in [6.45, 7) is 0. The second-order valence-corrected chi connectivity index (χ2v) is 3.15. The van der Waals surface area contributed by atoms with Gasteiger partial charge in [0.15, 0.2) is 0 Å². The molecule has 70 valence electrons. The molecule has 0 saturated heterocycles. The van der Waals surface area contributed by atoms with Crippen LogP contribution in [-0.2, 0) is 0 Å². The van der Waals surface area contributed by atoms with Gasteiger partial charge in [0.25, 0.3) is 0 Å². The predicted octanol–water partition coefficient (Wildman–Crippen LogP) is 2.47. The molecular formula is C12H11NO. The van der Waals surface area contributed by atoms with Crippen LogP contribution in [0.2, 0.25) is 0 Å². The molecule has 0 aromatic heterocycles. The fourth-order valence-electron chi connectivity index (χ4n) is 1.47. The molecule has 0 radical (unpaired) electrons. The maximum absolute atomic E-state index is 9.27. The van der Waals surface area contributed by atoms with E-state index in [2.05, 4.69) is 0 Å². The third kappa shape index (κ3) is 1.55. The Balaban J connectivity index is 2.61. The molecule has 0 aliphatic rings. The van der Waals surface area contributed by atoms with Crippen molar-refractivity contribution in [1.82, 2.24) is 0 Å². The van der Waals surface area contributed by atoms with Gasteiger partial charge in [0.2, 0.25) is 0 Å². The average molecular weight is 185 g/mol. The summed E-state index contributed by atoms with van der Waals surface area (Å²) in [5, 5.41) is 11.4. The molecule has 2 nitrogen and oxygen atoms in total. The van der Waals surface area contributed by atoms with E-state index in [4.69, 9.17) is 5.73 Å². The number of nitrogens with two attached hydrogens (primary N) is 1. The number of hydrogen-bond acceptors (Lipinski definition) is 2. The summed E-state index contributed by atoms with van der Waals surface area (Å²) in [4.78, 5) is 0. The molecule has 0 heterocycles. The second-order valence-electron chi connectivity index (χ2n) is 3.15.